The van der Waals surface area contributed by atoms with Gasteiger partial charge in [0, 0.05) is 38.1 Å². The van der Waals surface area contributed by atoms with Crippen molar-refractivity contribution in [1.29, 1.82) is 0 Å². The molecule has 1 N–H and O–H groups in total. The molecule has 1 unspecified atom stereocenters. The molecule has 2 fully saturated rings. The molecule has 0 radical (unpaired) electrons. The van der Waals surface area contributed by atoms with Crippen LogP contribution < -0.4 is 10.2 Å². The van der Waals surface area contributed by atoms with Gasteiger partial charge in [0.25, 0.3) is 0 Å². The van der Waals surface area contributed by atoms with Crippen LogP contribution in [-0.4, -0.2) is 62.9 Å². The number of carbonyl (C=O) groups excluding carboxylic acids is 1. The maximum absolute atomic E-state index is 13.6. The summed E-state index contributed by atoms with van der Waals surface area (Å²) in [4.78, 5) is 27.1. The van der Waals surface area contributed by atoms with E-state index in [4.69, 9.17) is 15.1 Å². The first-order chi connectivity index (χ1) is 17.9. The summed E-state index contributed by atoms with van der Waals surface area (Å²) in [5.41, 5.74) is 2.34. The first kappa shape index (κ1) is 25.4. The smallest absolute Gasteiger partial charge is 0.317 e. The van der Waals surface area contributed by atoms with E-state index in [1.54, 1.807) is 16.8 Å². The van der Waals surface area contributed by atoms with Crippen molar-refractivity contribution in [2.24, 2.45) is 0 Å². The van der Waals surface area contributed by atoms with E-state index in [2.05, 4.69) is 24.1 Å². The molecule has 1 saturated carbocycles. The predicted molar refractivity (Wildman–Crippen MR) is 144 cm³/mol. The molecule has 9 heteroatoms. The number of piperazine rings is 1. The lowest BCUT2D eigenvalue weighted by Crippen LogP contribution is -2.54. The Morgan fingerprint density at radius 1 is 1.08 bits per heavy atom. The van der Waals surface area contributed by atoms with E-state index in [-0.39, 0.29) is 17.8 Å². The van der Waals surface area contributed by atoms with E-state index in [9.17, 15) is 9.18 Å². The number of amides is 2. The van der Waals surface area contributed by atoms with E-state index < -0.39 is 0 Å². The Hall–Kier alpha value is -3.23. The fraction of sp³-hybridized carbons (Fsp3) is 0.571. The van der Waals surface area contributed by atoms with Crippen molar-refractivity contribution in [3.05, 3.63) is 41.6 Å². The number of aromatic nitrogens is 4. The van der Waals surface area contributed by atoms with Gasteiger partial charge in [0.05, 0.1) is 16.8 Å². The van der Waals surface area contributed by atoms with Gasteiger partial charge >= 0.3 is 6.03 Å². The highest BCUT2D eigenvalue weighted by atomic mass is 19.1. The van der Waals surface area contributed by atoms with Gasteiger partial charge < -0.3 is 15.1 Å². The minimum Gasteiger partial charge on any atom is -0.352 e. The third-order valence-corrected chi connectivity index (χ3v) is 7.73. The predicted octanol–water partition coefficient (Wildman–Crippen LogP) is 5.33. The lowest BCUT2D eigenvalue weighted by molar-refractivity contribution is 0.186. The normalized spacial score (nSPS) is 17.8. The average molecular weight is 508 g/mol. The minimum absolute atomic E-state index is 0.0527. The number of nitrogens with zero attached hydrogens (tertiary/aromatic N) is 6. The fourth-order valence-corrected chi connectivity index (χ4v) is 5.59. The molecule has 37 heavy (non-hydrogen) atoms. The average Bonchev–Trinajstić information content (AvgIpc) is 3.25. The molecule has 0 bridgehead atoms. The summed E-state index contributed by atoms with van der Waals surface area (Å²) in [6.07, 6.45) is 7.88. The molecule has 1 aromatic carbocycles. The van der Waals surface area contributed by atoms with Gasteiger partial charge in [0.1, 0.15) is 17.5 Å². The Labute approximate surface area is 218 Å². The van der Waals surface area contributed by atoms with Crippen molar-refractivity contribution < 1.29 is 9.18 Å². The zero-order chi connectivity index (χ0) is 25.9. The van der Waals surface area contributed by atoms with Crippen molar-refractivity contribution in [2.45, 2.75) is 77.7 Å². The molecule has 2 aromatic heterocycles. The molecule has 2 aliphatic rings. The van der Waals surface area contributed by atoms with Crippen LogP contribution in [0.15, 0.2) is 24.3 Å². The lowest BCUT2D eigenvalue weighted by atomic mass is 9.96. The van der Waals surface area contributed by atoms with Gasteiger partial charge in [-0.3, -0.25) is 0 Å². The van der Waals surface area contributed by atoms with E-state index >= 15 is 0 Å². The van der Waals surface area contributed by atoms with Crippen LogP contribution in [-0.2, 0) is 0 Å². The van der Waals surface area contributed by atoms with Gasteiger partial charge in [0.2, 0.25) is 0 Å². The number of fused-ring (bicyclic) bond motifs is 1. The van der Waals surface area contributed by atoms with Gasteiger partial charge in [-0.2, -0.15) is 5.10 Å². The van der Waals surface area contributed by atoms with Crippen LogP contribution in [0.2, 0.25) is 0 Å². The number of hydrogen-bond donors (Lipinski definition) is 1. The molecule has 1 atom stereocenters. The number of halogens is 1. The minimum atomic E-state index is -0.282. The molecule has 5 rings (SSSR count). The van der Waals surface area contributed by atoms with Crippen molar-refractivity contribution in [3.8, 4) is 5.69 Å². The van der Waals surface area contributed by atoms with Crippen LogP contribution >= 0.6 is 0 Å². The quantitative estimate of drug-likeness (QED) is 0.488. The highest BCUT2D eigenvalue weighted by Gasteiger charge is 2.28. The number of nitrogens with one attached hydrogen (secondary N) is 1. The number of anilines is 1. The highest BCUT2D eigenvalue weighted by molar-refractivity contribution is 5.91. The van der Waals surface area contributed by atoms with E-state index in [0.717, 1.165) is 59.7 Å². The molecule has 1 saturated heterocycles. The van der Waals surface area contributed by atoms with Crippen LogP contribution in [0.4, 0.5) is 15.0 Å². The molecule has 3 heterocycles. The van der Waals surface area contributed by atoms with Crippen LogP contribution in [0.25, 0.3) is 16.7 Å². The largest absolute Gasteiger partial charge is 0.352 e. The number of aryl methyl sites for hydroxylation is 1. The van der Waals surface area contributed by atoms with Crippen molar-refractivity contribution in [2.75, 3.05) is 31.1 Å². The van der Waals surface area contributed by atoms with Crippen LogP contribution in [0, 0.1) is 12.7 Å². The highest BCUT2D eigenvalue weighted by Crippen LogP contribution is 2.32. The first-order valence-corrected chi connectivity index (χ1v) is 13.8. The second kappa shape index (κ2) is 11.0. The molecular formula is C28H38FN7O. The van der Waals surface area contributed by atoms with Crippen molar-refractivity contribution in [1.82, 2.24) is 30.0 Å². The van der Waals surface area contributed by atoms with Crippen molar-refractivity contribution in [3.63, 3.8) is 0 Å². The lowest BCUT2D eigenvalue weighted by Gasteiger charge is -2.37. The summed E-state index contributed by atoms with van der Waals surface area (Å²) in [6.45, 7) is 9.00. The zero-order valence-corrected chi connectivity index (χ0v) is 22.2. The molecule has 198 valence electrons. The number of carbonyl (C=O) groups is 1. The molecule has 2 amide bonds. The maximum atomic E-state index is 13.6. The number of benzene rings is 1. The van der Waals surface area contributed by atoms with Crippen molar-refractivity contribution >= 4 is 22.9 Å². The first-order valence-electron chi connectivity index (χ1n) is 13.8. The molecule has 3 aromatic rings. The second-order valence-electron chi connectivity index (χ2n) is 10.5. The topological polar surface area (TPSA) is 79.2 Å². The van der Waals surface area contributed by atoms with E-state index in [0.29, 0.717) is 32.2 Å². The summed E-state index contributed by atoms with van der Waals surface area (Å²) >= 11 is 0. The molecule has 8 nitrogen and oxygen atoms in total. The summed E-state index contributed by atoms with van der Waals surface area (Å²) < 4.78 is 15.4. The SMILES string of the molecule is CCCC(C)c1nc(N2CCN(C(=O)NC3CCCCC3)CC2)c2c(C)nn(-c3ccc(F)cc3)c2n1. The maximum Gasteiger partial charge on any atom is 0.317 e. The van der Waals surface area contributed by atoms with Gasteiger partial charge in [-0.15, -0.1) is 0 Å². The Kier molecular flexibility index (Phi) is 7.58. The third kappa shape index (κ3) is 5.40. The molecular weight excluding hydrogens is 469 g/mol. The van der Waals surface area contributed by atoms with E-state index in [1.807, 2.05) is 11.8 Å². The Morgan fingerprint density at radius 2 is 1.78 bits per heavy atom. The van der Waals surface area contributed by atoms with Gasteiger partial charge in [0.15, 0.2) is 5.65 Å². The van der Waals surface area contributed by atoms with Gasteiger partial charge in [-0.25, -0.2) is 23.8 Å². The third-order valence-electron chi connectivity index (χ3n) is 7.73. The van der Waals surface area contributed by atoms with Crippen LogP contribution in [0.5, 0.6) is 0 Å². The summed E-state index contributed by atoms with van der Waals surface area (Å²) in [5, 5.41) is 8.95. The summed E-state index contributed by atoms with van der Waals surface area (Å²) in [5.74, 6) is 1.59. The summed E-state index contributed by atoms with van der Waals surface area (Å²) in [6, 6.07) is 6.70. The molecule has 0 spiro atoms. The number of hydrogen-bond acceptors (Lipinski definition) is 5. The Bertz CT molecular complexity index is 1230. The fourth-order valence-electron chi connectivity index (χ4n) is 5.59. The Balaban J connectivity index is 1.43. The van der Waals surface area contributed by atoms with Crippen LogP contribution in [0.3, 0.4) is 0 Å². The van der Waals surface area contributed by atoms with Crippen LogP contribution in [0.1, 0.15) is 76.2 Å². The zero-order valence-electron chi connectivity index (χ0n) is 22.2. The standard InChI is InChI=1S/C28H38FN7O/c1-4-8-19(2)25-31-26(24-20(3)33-36(27(24)32-25)23-13-11-21(29)12-14-23)34-15-17-35(18-16-34)28(37)30-22-9-6-5-7-10-22/h11-14,19,22H,4-10,15-18H2,1-3H3,(H,30,37). The monoisotopic (exact) mass is 507 g/mol. The molecule has 1 aliphatic heterocycles. The second-order valence-corrected chi connectivity index (χ2v) is 10.5. The van der Waals surface area contributed by atoms with E-state index in [1.165, 1.54) is 31.4 Å². The number of urea groups is 1. The summed E-state index contributed by atoms with van der Waals surface area (Å²) in [7, 11) is 0. The van der Waals surface area contributed by atoms with Gasteiger partial charge in [-0.1, -0.05) is 39.5 Å². The van der Waals surface area contributed by atoms with Gasteiger partial charge in [-0.05, 0) is 50.5 Å². The number of rotatable bonds is 6. The molecule has 1 aliphatic carbocycles. The Morgan fingerprint density at radius 3 is 2.46 bits per heavy atom.